The van der Waals surface area contributed by atoms with E-state index < -0.39 is 11.6 Å². The number of hydrogen-bond donors (Lipinski definition) is 0. The Balaban J connectivity index is 1.51. The molecule has 32 heavy (non-hydrogen) atoms. The maximum Gasteiger partial charge on any atom is 0.231 e. The first kappa shape index (κ1) is 23.2. The standard InChI is InChI=1S/C23H26O9/c1-26-17-8-14(9-18(27-2)22(17)29-4)6-5-7-30-12-16(24)21(25)15-10-19(28-3)23-20(11-15)31-13-32-23/h8-11H,5-7,12-13H2,1-4H3. The van der Waals surface area contributed by atoms with Crippen LogP contribution in [-0.4, -0.2) is 60.0 Å². The average molecular weight is 446 g/mol. The molecule has 0 spiro atoms. The molecule has 0 saturated heterocycles. The van der Waals surface area contributed by atoms with Gasteiger partial charge in [0.1, 0.15) is 6.61 Å². The molecule has 1 heterocycles. The number of carbonyl (C=O) groups is 2. The predicted octanol–water partition coefficient (Wildman–Crippen LogP) is 2.85. The van der Waals surface area contributed by atoms with E-state index in [2.05, 4.69) is 0 Å². The Morgan fingerprint density at radius 3 is 2.19 bits per heavy atom. The number of fused-ring (bicyclic) bond motifs is 1. The Morgan fingerprint density at radius 1 is 0.875 bits per heavy atom. The van der Waals surface area contributed by atoms with Crippen molar-refractivity contribution in [3.63, 3.8) is 0 Å². The van der Waals surface area contributed by atoms with E-state index in [9.17, 15) is 9.59 Å². The zero-order chi connectivity index (χ0) is 23.1. The summed E-state index contributed by atoms with van der Waals surface area (Å²) in [6.45, 7) is 0.0251. The Hall–Kier alpha value is -3.46. The van der Waals surface area contributed by atoms with Crippen LogP contribution >= 0.6 is 0 Å². The number of aryl methyl sites for hydroxylation is 1. The van der Waals surface area contributed by atoms with Crippen LogP contribution < -0.4 is 28.4 Å². The van der Waals surface area contributed by atoms with Gasteiger partial charge in [-0.15, -0.1) is 0 Å². The van der Waals surface area contributed by atoms with E-state index in [-0.39, 0.29) is 19.0 Å². The molecule has 0 aromatic heterocycles. The highest BCUT2D eigenvalue weighted by Gasteiger charge is 2.25. The summed E-state index contributed by atoms with van der Waals surface area (Å²) in [5, 5.41) is 0. The summed E-state index contributed by atoms with van der Waals surface area (Å²) in [5.41, 5.74) is 1.13. The monoisotopic (exact) mass is 446 g/mol. The van der Waals surface area contributed by atoms with E-state index in [1.165, 1.54) is 19.2 Å². The molecule has 172 valence electrons. The van der Waals surface area contributed by atoms with Crippen LogP contribution in [0.25, 0.3) is 0 Å². The Bertz CT molecular complexity index is 959. The smallest absolute Gasteiger partial charge is 0.231 e. The van der Waals surface area contributed by atoms with Gasteiger partial charge in [-0.1, -0.05) is 0 Å². The van der Waals surface area contributed by atoms with Crippen molar-refractivity contribution in [2.24, 2.45) is 0 Å². The summed E-state index contributed by atoms with van der Waals surface area (Å²) < 4.78 is 37.2. The van der Waals surface area contributed by atoms with Gasteiger partial charge in [0.05, 0.1) is 28.4 Å². The fraction of sp³-hybridized carbons (Fsp3) is 0.391. The van der Waals surface area contributed by atoms with Crippen molar-refractivity contribution in [2.75, 3.05) is 48.4 Å². The number of ketones is 2. The van der Waals surface area contributed by atoms with E-state index in [1.54, 1.807) is 21.3 Å². The first-order valence-electron chi connectivity index (χ1n) is 9.94. The minimum Gasteiger partial charge on any atom is -0.493 e. The third-order valence-electron chi connectivity index (χ3n) is 4.89. The second-order valence-electron chi connectivity index (χ2n) is 6.85. The molecule has 0 bridgehead atoms. The van der Waals surface area contributed by atoms with Crippen molar-refractivity contribution in [1.29, 1.82) is 0 Å². The van der Waals surface area contributed by atoms with Crippen LogP contribution in [0, 0.1) is 0 Å². The van der Waals surface area contributed by atoms with Gasteiger partial charge in [-0.3, -0.25) is 9.59 Å². The molecule has 0 aliphatic carbocycles. The van der Waals surface area contributed by atoms with Crippen molar-refractivity contribution in [3.05, 3.63) is 35.4 Å². The van der Waals surface area contributed by atoms with Crippen LogP contribution in [0.1, 0.15) is 22.3 Å². The summed E-state index contributed by atoms with van der Waals surface area (Å²) in [6, 6.07) is 6.65. The fourth-order valence-corrected chi connectivity index (χ4v) is 3.31. The zero-order valence-corrected chi connectivity index (χ0v) is 18.5. The molecular weight excluding hydrogens is 420 g/mol. The molecular formula is C23H26O9. The fourth-order valence-electron chi connectivity index (χ4n) is 3.31. The molecule has 0 radical (unpaired) electrons. The minimum absolute atomic E-state index is 0.0341. The maximum absolute atomic E-state index is 12.5. The minimum atomic E-state index is -0.675. The highest BCUT2D eigenvalue weighted by atomic mass is 16.7. The zero-order valence-electron chi connectivity index (χ0n) is 18.5. The van der Waals surface area contributed by atoms with Crippen LogP contribution in [0.3, 0.4) is 0 Å². The van der Waals surface area contributed by atoms with Crippen LogP contribution in [0.4, 0.5) is 0 Å². The van der Waals surface area contributed by atoms with E-state index >= 15 is 0 Å². The maximum atomic E-state index is 12.5. The lowest BCUT2D eigenvalue weighted by atomic mass is 10.1. The van der Waals surface area contributed by atoms with Gasteiger partial charge in [0.15, 0.2) is 23.0 Å². The molecule has 2 aromatic carbocycles. The van der Waals surface area contributed by atoms with Crippen molar-refractivity contribution in [2.45, 2.75) is 12.8 Å². The van der Waals surface area contributed by atoms with Gasteiger partial charge >= 0.3 is 0 Å². The van der Waals surface area contributed by atoms with Crippen molar-refractivity contribution >= 4 is 11.6 Å². The Labute approximate surface area is 186 Å². The van der Waals surface area contributed by atoms with Gasteiger partial charge in [0.2, 0.25) is 29.9 Å². The molecule has 0 amide bonds. The summed E-state index contributed by atoms with van der Waals surface area (Å²) in [5.74, 6) is 1.46. The van der Waals surface area contributed by atoms with Gasteiger partial charge in [0.25, 0.3) is 0 Å². The lowest BCUT2D eigenvalue weighted by molar-refractivity contribution is -0.119. The molecule has 0 fully saturated rings. The average Bonchev–Trinajstić information content (AvgIpc) is 3.30. The van der Waals surface area contributed by atoms with E-state index in [4.69, 9.17) is 33.2 Å². The summed E-state index contributed by atoms with van der Waals surface area (Å²) in [7, 11) is 6.11. The molecule has 0 N–H and O–H groups in total. The molecule has 3 rings (SSSR count). The normalized spacial score (nSPS) is 11.8. The van der Waals surface area contributed by atoms with Gasteiger partial charge in [-0.2, -0.15) is 0 Å². The summed E-state index contributed by atoms with van der Waals surface area (Å²) in [4.78, 5) is 24.8. The van der Waals surface area contributed by atoms with Crippen molar-refractivity contribution in [1.82, 2.24) is 0 Å². The van der Waals surface area contributed by atoms with E-state index in [0.717, 1.165) is 5.56 Å². The topological polar surface area (TPSA) is 98.8 Å². The highest BCUT2D eigenvalue weighted by molar-refractivity contribution is 6.44. The summed E-state index contributed by atoms with van der Waals surface area (Å²) in [6.07, 6.45) is 1.30. The molecule has 9 heteroatoms. The van der Waals surface area contributed by atoms with Crippen molar-refractivity contribution < 1.29 is 42.7 Å². The van der Waals surface area contributed by atoms with Crippen molar-refractivity contribution in [3.8, 4) is 34.5 Å². The van der Waals surface area contributed by atoms with Crippen LogP contribution in [0.5, 0.6) is 34.5 Å². The first-order chi connectivity index (χ1) is 15.5. The van der Waals surface area contributed by atoms with Gasteiger partial charge in [-0.25, -0.2) is 0 Å². The molecule has 0 saturated carbocycles. The van der Waals surface area contributed by atoms with Crippen LogP contribution in [0.2, 0.25) is 0 Å². The largest absolute Gasteiger partial charge is 0.493 e. The number of rotatable bonds is 12. The molecule has 0 unspecified atom stereocenters. The van der Waals surface area contributed by atoms with E-state index in [1.807, 2.05) is 12.1 Å². The SMILES string of the molecule is COc1cc(CCCOCC(=O)C(=O)c2cc(OC)c3c(c2)OCO3)cc(OC)c1OC. The van der Waals surface area contributed by atoms with Gasteiger partial charge in [-0.05, 0) is 42.7 Å². The summed E-state index contributed by atoms with van der Waals surface area (Å²) >= 11 is 0. The molecule has 0 atom stereocenters. The number of Topliss-reactive ketones (excluding diaryl/α,β-unsaturated/α-hetero) is 2. The predicted molar refractivity (Wildman–Crippen MR) is 114 cm³/mol. The lowest BCUT2D eigenvalue weighted by Crippen LogP contribution is -2.20. The Kier molecular flexibility index (Phi) is 7.77. The second-order valence-corrected chi connectivity index (χ2v) is 6.85. The Morgan fingerprint density at radius 2 is 1.56 bits per heavy atom. The molecule has 1 aliphatic rings. The number of methoxy groups -OCH3 is 4. The number of carbonyl (C=O) groups excluding carboxylic acids is 2. The highest BCUT2D eigenvalue weighted by Crippen LogP contribution is 2.42. The third kappa shape index (κ3) is 5.05. The van der Waals surface area contributed by atoms with Crippen LogP contribution in [0.15, 0.2) is 24.3 Å². The number of hydrogen-bond acceptors (Lipinski definition) is 9. The van der Waals surface area contributed by atoms with Gasteiger partial charge in [0, 0.05) is 12.2 Å². The quantitative estimate of drug-likeness (QED) is 0.277. The second kappa shape index (κ2) is 10.7. The third-order valence-corrected chi connectivity index (χ3v) is 4.89. The molecule has 9 nitrogen and oxygen atoms in total. The first-order valence-corrected chi connectivity index (χ1v) is 9.94. The lowest BCUT2D eigenvalue weighted by Gasteiger charge is -2.14. The van der Waals surface area contributed by atoms with E-state index in [0.29, 0.717) is 53.9 Å². The van der Waals surface area contributed by atoms with Crippen LogP contribution in [-0.2, 0) is 16.0 Å². The number of ether oxygens (including phenoxy) is 7. The van der Waals surface area contributed by atoms with Gasteiger partial charge < -0.3 is 33.2 Å². The molecule has 2 aromatic rings. The number of benzene rings is 2. The molecule has 1 aliphatic heterocycles.